The van der Waals surface area contributed by atoms with Gasteiger partial charge in [0.05, 0.1) is 17.8 Å². The number of nitrogens with zero attached hydrogens (tertiary/aromatic N) is 4. The Hall–Kier alpha value is -2.15. The zero-order chi connectivity index (χ0) is 15.1. The number of carbonyl (C=O) groups excluding carboxylic acids is 1. The van der Waals surface area contributed by atoms with E-state index in [1.54, 1.807) is 13.2 Å². The van der Waals surface area contributed by atoms with Gasteiger partial charge in [-0.3, -0.25) is 4.79 Å². The lowest BCUT2D eigenvalue weighted by atomic mass is 9.97. The maximum atomic E-state index is 11.7. The SMILES string of the molecule is CNC(=O)C1CN(c2c3c(nc4ccnn24)CCNCC3)C1. The second-order valence-corrected chi connectivity index (χ2v) is 5.93. The quantitative estimate of drug-likeness (QED) is 0.789. The highest BCUT2D eigenvalue weighted by Crippen LogP contribution is 2.31. The van der Waals surface area contributed by atoms with Crippen LogP contribution >= 0.6 is 0 Å². The van der Waals surface area contributed by atoms with Gasteiger partial charge in [0.2, 0.25) is 5.91 Å². The van der Waals surface area contributed by atoms with E-state index >= 15 is 0 Å². The van der Waals surface area contributed by atoms with E-state index in [-0.39, 0.29) is 11.8 Å². The molecule has 116 valence electrons. The highest BCUT2D eigenvalue weighted by molar-refractivity contribution is 5.81. The molecule has 2 aromatic heterocycles. The fourth-order valence-electron chi connectivity index (χ4n) is 3.36. The maximum Gasteiger partial charge on any atom is 0.226 e. The molecule has 7 nitrogen and oxygen atoms in total. The standard InChI is InChI=1S/C15H20N6O/c1-16-14(22)10-8-20(9-10)15-11-2-5-17-6-3-12(11)19-13-4-7-18-21(13)15/h4,7,10,17H,2-3,5-6,8-9H2,1H3,(H,16,22). The second-order valence-electron chi connectivity index (χ2n) is 5.93. The third kappa shape index (κ3) is 2.04. The molecule has 0 atom stereocenters. The van der Waals surface area contributed by atoms with Gasteiger partial charge in [0, 0.05) is 44.7 Å². The van der Waals surface area contributed by atoms with Crippen LogP contribution in [0.25, 0.3) is 5.65 Å². The summed E-state index contributed by atoms with van der Waals surface area (Å²) in [4.78, 5) is 18.8. The highest BCUT2D eigenvalue weighted by Gasteiger charge is 2.35. The summed E-state index contributed by atoms with van der Waals surface area (Å²) in [7, 11) is 1.70. The van der Waals surface area contributed by atoms with Crippen LogP contribution in [0.3, 0.4) is 0 Å². The molecule has 0 bridgehead atoms. The molecule has 0 aromatic carbocycles. The van der Waals surface area contributed by atoms with Crippen LogP contribution in [0.2, 0.25) is 0 Å². The molecule has 0 unspecified atom stereocenters. The van der Waals surface area contributed by atoms with E-state index in [9.17, 15) is 4.79 Å². The smallest absolute Gasteiger partial charge is 0.226 e. The summed E-state index contributed by atoms with van der Waals surface area (Å²) in [6.45, 7) is 3.42. The fourth-order valence-corrected chi connectivity index (χ4v) is 3.36. The molecule has 0 radical (unpaired) electrons. The Morgan fingerprint density at radius 1 is 1.36 bits per heavy atom. The predicted molar refractivity (Wildman–Crippen MR) is 83.0 cm³/mol. The minimum atomic E-state index is 0.0725. The van der Waals surface area contributed by atoms with Crippen molar-refractivity contribution in [1.82, 2.24) is 25.2 Å². The van der Waals surface area contributed by atoms with E-state index in [2.05, 4.69) is 20.6 Å². The van der Waals surface area contributed by atoms with Crippen molar-refractivity contribution < 1.29 is 4.79 Å². The lowest BCUT2D eigenvalue weighted by Gasteiger charge is -2.40. The van der Waals surface area contributed by atoms with Crippen molar-refractivity contribution in [3.63, 3.8) is 0 Å². The third-order valence-electron chi connectivity index (χ3n) is 4.58. The molecule has 2 aliphatic heterocycles. The first-order chi connectivity index (χ1) is 10.8. The number of anilines is 1. The summed E-state index contributed by atoms with van der Waals surface area (Å²) in [6.07, 6.45) is 3.69. The number of aromatic nitrogens is 3. The van der Waals surface area contributed by atoms with Crippen LogP contribution in [0.5, 0.6) is 0 Å². The molecule has 1 fully saturated rings. The molecule has 7 heteroatoms. The summed E-state index contributed by atoms with van der Waals surface area (Å²) in [5.41, 5.74) is 3.33. The number of hydrogen-bond acceptors (Lipinski definition) is 5. The number of amides is 1. The van der Waals surface area contributed by atoms with E-state index in [1.165, 1.54) is 5.56 Å². The van der Waals surface area contributed by atoms with E-state index in [0.29, 0.717) is 0 Å². The molecule has 2 aromatic rings. The topological polar surface area (TPSA) is 74.6 Å². The van der Waals surface area contributed by atoms with Gasteiger partial charge in [-0.15, -0.1) is 0 Å². The van der Waals surface area contributed by atoms with Gasteiger partial charge in [-0.25, -0.2) is 4.98 Å². The molecule has 0 spiro atoms. The number of carbonyl (C=O) groups is 1. The fraction of sp³-hybridized carbons (Fsp3) is 0.533. The summed E-state index contributed by atoms with van der Waals surface area (Å²) < 4.78 is 1.92. The molecule has 4 heterocycles. The van der Waals surface area contributed by atoms with Crippen molar-refractivity contribution >= 4 is 17.4 Å². The van der Waals surface area contributed by atoms with E-state index in [4.69, 9.17) is 4.98 Å². The molecule has 1 amide bonds. The lowest BCUT2D eigenvalue weighted by molar-refractivity contribution is -0.125. The van der Waals surface area contributed by atoms with E-state index in [1.807, 2.05) is 10.6 Å². The molecular weight excluding hydrogens is 280 g/mol. The average molecular weight is 300 g/mol. The predicted octanol–water partition coefficient (Wildman–Crippen LogP) is -0.400. The van der Waals surface area contributed by atoms with Crippen LogP contribution in [0.1, 0.15) is 11.3 Å². The normalized spacial score (nSPS) is 18.7. The number of fused-ring (bicyclic) bond motifs is 2. The first-order valence-corrected chi connectivity index (χ1v) is 7.80. The van der Waals surface area contributed by atoms with Crippen LogP contribution in [0.4, 0.5) is 5.82 Å². The van der Waals surface area contributed by atoms with E-state index in [0.717, 1.165) is 56.2 Å². The maximum absolute atomic E-state index is 11.7. The van der Waals surface area contributed by atoms with Gasteiger partial charge in [0.25, 0.3) is 0 Å². The monoisotopic (exact) mass is 300 g/mol. The summed E-state index contributed by atoms with van der Waals surface area (Å²) in [5.74, 6) is 1.31. The van der Waals surface area contributed by atoms with Gasteiger partial charge >= 0.3 is 0 Å². The Morgan fingerprint density at radius 2 is 2.18 bits per heavy atom. The highest BCUT2D eigenvalue weighted by atomic mass is 16.1. The van der Waals surface area contributed by atoms with Crippen molar-refractivity contribution in [3.8, 4) is 0 Å². The Morgan fingerprint density at radius 3 is 3.00 bits per heavy atom. The van der Waals surface area contributed by atoms with Crippen molar-refractivity contribution in [2.24, 2.45) is 5.92 Å². The van der Waals surface area contributed by atoms with Crippen LogP contribution in [-0.2, 0) is 17.6 Å². The Labute approximate surface area is 128 Å². The van der Waals surface area contributed by atoms with Gasteiger partial charge < -0.3 is 15.5 Å². The van der Waals surface area contributed by atoms with Gasteiger partial charge in [-0.2, -0.15) is 9.61 Å². The summed E-state index contributed by atoms with van der Waals surface area (Å²) >= 11 is 0. The summed E-state index contributed by atoms with van der Waals surface area (Å²) in [5, 5.41) is 10.6. The second kappa shape index (κ2) is 5.24. The molecule has 1 saturated heterocycles. The zero-order valence-corrected chi connectivity index (χ0v) is 12.7. The van der Waals surface area contributed by atoms with Crippen LogP contribution in [0, 0.1) is 5.92 Å². The van der Waals surface area contributed by atoms with Crippen molar-refractivity contribution in [2.75, 3.05) is 38.1 Å². The Balaban J connectivity index is 1.74. The third-order valence-corrected chi connectivity index (χ3v) is 4.58. The first-order valence-electron chi connectivity index (χ1n) is 7.80. The zero-order valence-electron chi connectivity index (χ0n) is 12.7. The number of rotatable bonds is 2. The van der Waals surface area contributed by atoms with Gasteiger partial charge in [-0.05, 0) is 13.0 Å². The molecule has 0 saturated carbocycles. The minimum absolute atomic E-state index is 0.0725. The molecule has 2 aliphatic rings. The van der Waals surface area contributed by atoms with Crippen LogP contribution in [-0.4, -0.2) is 53.7 Å². The Bertz CT molecular complexity index is 718. The van der Waals surface area contributed by atoms with Crippen LogP contribution in [0.15, 0.2) is 12.3 Å². The van der Waals surface area contributed by atoms with Crippen molar-refractivity contribution in [1.29, 1.82) is 0 Å². The number of hydrogen-bond donors (Lipinski definition) is 2. The van der Waals surface area contributed by atoms with Crippen molar-refractivity contribution in [2.45, 2.75) is 12.8 Å². The Kier molecular flexibility index (Phi) is 3.22. The molecule has 4 rings (SSSR count). The van der Waals surface area contributed by atoms with Crippen molar-refractivity contribution in [3.05, 3.63) is 23.5 Å². The minimum Gasteiger partial charge on any atom is -0.359 e. The first kappa shape index (κ1) is 13.5. The largest absolute Gasteiger partial charge is 0.359 e. The summed E-state index contributed by atoms with van der Waals surface area (Å²) in [6, 6.07) is 1.94. The van der Waals surface area contributed by atoms with Gasteiger partial charge in [0.1, 0.15) is 5.82 Å². The molecule has 22 heavy (non-hydrogen) atoms. The number of nitrogens with one attached hydrogen (secondary N) is 2. The van der Waals surface area contributed by atoms with Gasteiger partial charge in [-0.1, -0.05) is 0 Å². The van der Waals surface area contributed by atoms with Gasteiger partial charge in [0.15, 0.2) is 5.65 Å². The lowest BCUT2D eigenvalue weighted by Crippen LogP contribution is -2.54. The average Bonchev–Trinajstić information content (AvgIpc) is 2.81. The van der Waals surface area contributed by atoms with Crippen LogP contribution < -0.4 is 15.5 Å². The molecule has 0 aliphatic carbocycles. The molecule has 2 N–H and O–H groups in total. The molecular formula is C15H20N6O. The van der Waals surface area contributed by atoms with E-state index < -0.39 is 0 Å².